The van der Waals surface area contributed by atoms with Crippen LogP contribution in [0.15, 0.2) is 60.7 Å². The number of benzene rings is 2. The van der Waals surface area contributed by atoms with Crippen molar-refractivity contribution < 1.29 is 0 Å². The van der Waals surface area contributed by atoms with Crippen LogP contribution in [0.4, 0.5) is 0 Å². The molecule has 0 amide bonds. The van der Waals surface area contributed by atoms with Crippen LogP contribution in [0.25, 0.3) is 0 Å². The van der Waals surface area contributed by atoms with Crippen molar-refractivity contribution >= 4 is 19.2 Å². The lowest BCUT2D eigenvalue weighted by atomic mass is 10.1. The first-order valence-corrected chi connectivity index (χ1v) is 12.5. The first-order valence-electron chi connectivity index (χ1n) is 10.5. The summed E-state index contributed by atoms with van der Waals surface area (Å²) < 4.78 is 0. The Labute approximate surface area is 157 Å². The van der Waals surface area contributed by atoms with Crippen LogP contribution in [0.3, 0.4) is 0 Å². The lowest BCUT2D eigenvalue weighted by molar-refractivity contribution is 0.562. The Morgan fingerprint density at radius 2 is 0.920 bits per heavy atom. The van der Waals surface area contributed by atoms with Gasteiger partial charge in [0.15, 0.2) is 0 Å². The molecule has 1 heteroatoms. The van der Waals surface area contributed by atoms with Gasteiger partial charge in [0, 0.05) is 0 Å². The quantitative estimate of drug-likeness (QED) is 0.309. The highest BCUT2D eigenvalue weighted by molar-refractivity contribution is 6.85. The fourth-order valence-electron chi connectivity index (χ4n) is 3.73. The summed E-state index contributed by atoms with van der Waals surface area (Å²) in [5.41, 5.74) is 0. The van der Waals surface area contributed by atoms with E-state index in [2.05, 4.69) is 67.6 Å². The average molecular weight is 353 g/mol. The van der Waals surface area contributed by atoms with E-state index >= 15 is 0 Å². The molecule has 0 aliphatic rings. The Kier molecular flexibility index (Phi) is 10.3. The molecule has 0 bridgehead atoms. The van der Waals surface area contributed by atoms with Crippen molar-refractivity contribution in [1.29, 1.82) is 0 Å². The van der Waals surface area contributed by atoms with Crippen molar-refractivity contribution in [2.45, 2.75) is 77.2 Å². The smallest absolute Gasteiger partial charge is 0.0654 e. The molecule has 2 rings (SSSR count). The van der Waals surface area contributed by atoms with Gasteiger partial charge in [0.1, 0.15) is 8.80 Å². The SMILES string of the molecule is CCCCCCCCCCCC[SiH](c1ccccc1)c1ccccc1. The maximum Gasteiger partial charge on any atom is 0.103 e. The van der Waals surface area contributed by atoms with E-state index in [1.165, 1.54) is 70.3 Å². The molecule has 0 heterocycles. The third-order valence-electron chi connectivity index (χ3n) is 5.25. The molecule has 0 radical (unpaired) electrons. The second-order valence-electron chi connectivity index (χ2n) is 7.34. The Morgan fingerprint density at radius 3 is 1.36 bits per heavy atom. The van der Waals surface area contributed by atoms with Crippen LogP contribution in [0, 0.1) is 0 Å². The van der Waals surface area contributed by atoms with E-state index in [1.807, 2.05) is 0 Å². The van der Waals surface area contributed by atoms with Crippen LogP contribution in [-0.2, 0) is 0 Å². The largest absolute Gasteiger partial charge is 0.103 e. The Balaban J connectivity index is 1.69. The predicted molar refractivity (Wildman–Crippen MR) is 116 cm³/mol. The normalized spacial score (nSPS) is 11.1. The fourth-order valence-corrected chi connectivity index (χ4v) is 6.85. The van der Waals surface area contributed by atoms with Gasteiger partial charge in [-0.15, -0.1) is 0 Å². The summed E-state index contributed by atoms with van der Waals surface area (Å²) in [5.74, 6) is 0. The molecule has 25 heavy (non-hydrogen) atoms. The van der Waals surface area contributed by atoms with Crippen LogP contribution in [0.1, 0.15) is 71.1 Å². The number of unbranched alkanes of at least 4 members (excludes halogenated alkanes) is 9. The highest BCUT2D eigenvalue weighted by Gasteiger charge is 2.15. The summed E-state index contributed by atoms with van der Waals surface area (Å²) in [5, 5.41) is 3.20. The van der Waals surface area contributed by atoms with Crippen molar-refractivity contribution in [3.63, 3.8) is 0 Å². The van der Waals surface area contributed by atoms with Gasteiger partial charge in [-0.2, -0.15) is 0 Å². The molecule has 0 saturated carbocycles. The van der Waals surface area contributed by atoms with Crippen LogP contribution in [-0.4, -0.2) is 8.80 Å². The zero-order valence-corrected chi connectivity index (χ0v) is 17.3. The van der Waals surface area contributed by atoms with E-state index in [0.717, 1.165) is 0 Å². The molecule has 2 aromatic rings. The zero-order valence-electron chi connectivity index (χ0n) is 16.1. The van der Waals surface area contributed by atoms with E-state index in [0.29, 0.717) is 0 Å². The second kappa shape index (κ2) is 12.9. The first-order chi connectivity index (χ1) is 12.4. The first kappa shape index (κ1) is 20.0. The molecule has 0 saturated heterocycles. The molecule has 0 atom stereocenters. The molecule has 0 aliphatic carbocycles. The number of rotatable bonds is 13. The summed E-state index contributed by atoms with van der Waals surface area (Å²) in [6.07, 6.45) is 14.2. The minimum atomic E-state index is -1.03. The van der Waals surface area contributed by atoms with Gasteiger partial charge in [0.05, 0.1) is 0 Å². The molecule has 0 fully saturated rings. The Hall–Kier alpha value is -1.34. The summed E-state index contributed by atoms with van der Waals surface area (Å²) in [6.45, 7) is 2.29. The number of hydrogen-bond acceptors (Lipinski definition) is 0. The molecule has 0 spiro atoms. The topological polar surface area (TPSA) is 0 Å². The molecular weight excluding hydrogens is 316 g/mol. The third kappa shape index (κ3) is 8.05. The third-order valence-corrected chi connectivity index (χ3v) is 8.62. The molecule has 0 nitrogen and oxygen atoms in total. The lowest BCUT2D eigenvalue weighted by Crippen LogP contribution is -2.41. The van der Waals surface area contributed by atoms with Crippen molar-refractivity contribution in [2.24, 2.45) is 0 Å². The van der Waals surface area contributed by atoms with Gasteiger partial charge in [-0.1, -0.05) is 148 Å². The van der Waals surface area contributed by atoms with E-state index in [1.54, 1.807) is 10.4 Å². The summed E-state index contributed by atoms with van der Waals surface area (Å²) in [7, 11) is -1.03. The van der Waals surface area contributed by atoms with E-state index in [-0.39, 0.29) is 0 Å². The van der Waals surface area contributed by atoms with E-state index in [4.69, 9.17) is 0 Å². The van der Waals surface area contributed by atoms with Gasteiger partial charge >= 0.3 is 0 Å². The van der Waals surface area contributed by atoms with Gasteiger partial charge in [-0.3, -0.25) is 0 Å². The predicted octanol–water partition coefficient (Wildman–Crippen LogP) is 5.95. The minimum Gasteiger partial charge on any atom is -0.0654 e. The standard InChI is InChI=1S/C24H36Si/c1-2-3-4-5-6-7-8-9-10-17-22-25(23-18-13-11-14-19-23)24-20-15-12-16-21-24/h11-16,18-21,25H,2-10,17,22H2,1H3. The van der Waals surface area contributed by atoms with Gasteiger partial charge < -0.3 is 0 Å². The van der Waals surface area contributed by atoms with Crippen LogP contribution < -0.4 is 10.4 Å². The highest BCUT2D eigenvalue weighted by Crippen LogP contribution is 2.12. The van der Waals surface area contributed by atoms with Crippen LogP contribution in [0.5, 0.6) is 0 Å². The summed E-state index contributed by atoms with van der Waals surface area (Å²) in [4.78, 5) is 0. The van der Waals surface area contributed by atoms with Gasteiger partial charge in [-0.05, 0) is 0 Å². The van der Waals surface area contributed by atoms with E-state index < -0.39 is 8.80 Å². The lowest BCUT2D eigenvalue weighted by Gasteiger charge is -2.16. The van der Waals surface area contributed by atoms with Crippen LogP contribution >= 0.6 is 0 Å². The monoisotopic (exact) mass is 352 g/mol. The maximum atomic E-state index is 2.35. The molecular formula is C24H36Si. The molecule has 0 N–H and O–H groups in total. The highest BCUT2D eigenvalue weighted by atomic mass is 28.3. The summed E-state index contributed by atoms with van der Waals surface area (Å²) in [6, 6.07) is 23.9. The van der Waals surface area contributed by atoms with Crippen molar-refractivity contribution in [1.82, 2.24) is 0 Å². The van der Waals surface area contributed by atoms with Gasteiger partial charge in [0.25, 0.3) is 0 Å². The minimum absolute atomic E-state index is 1.03. The second-order valence-corrected chi connectivity index (χ2v) is 10.4. The zero-order chi connectivity index (χ0) is 17.6. The van der Waals surface area contributed by atoms with Gasteiger partial charge in [0.2, 0.25) is 0 Å². The molecule has 136 valence electrons. The molecule has 0 aromatic heterocycles. The van der Waals surface area contributed by atoms with Crippen molar-refractivity contribution in [3.8, 4) is 0 Å². The van der Waals surface area contributed by atoms with Crippen molar-refractivity contribution in [2.75, 3.05) is 0 Å². The van der Waals surface area contributed by atoms with E-state index in [9.17, 15) is 0 Å². The average Bonchev–Trinajstić information content (AvgIpc) is 2.67. The Bertz CT molecular complexity index is 495. The molecule has 0 aliphatic heterocycles. The maximum absolute atomic E-state index is 2.35. The molecule has 0 unspecified atom stereocenters. The fraction of sp³-hybridized carbons (Fsp3) is 0.500. The summed E-state index contributed by atoms with van der Waals surface area (Å²) >= 11 is 0. The van der Waals surface area contributed by atoms with Crippen molar-refractivity contribution in [3.05, 3.63) is 60.7 Å². The number of hydrogen-bond donors (Lipinski definition) is 0. The molecule has 2 aromatic carbocycles. The van der Waals surface area contributed by atoms with Crippen LogP contribution in [0.2, 0.25) is 6.04 Å². The Morgan fingerprint density at radius 1 is 0.520 bits per heavy atom. The van der Waals surface area contributed by atoms with Gasteiger partial charge in [-0.25, -0.2) is 0 Å².